The van der Waals surface area contributed by atoms with Crippen molar-refractivity contribution in [3.63, 3.8) is 0 Å². The molecule has 7 heteroatoms. The molecule has 7 nitrogen and oxygen atoms in total. The van der Waals surface area contributed by atoms with Crippen LogP contribution in [0.2, 0.25) is 0 Å². The van der Waals surface area contributed by atoms with Gasteiger partial charge >= 0.3 is 0 Å². The lowest BCUT2D eigenvalue weighted by molar-refractivity contribution is -0.111. The van der Waals surface area contributed by atoms with Gasteiger partial charge in [0.1, 0.15) is 11.3 Å². The molecule has 0 atom stereocenters. The van der Waals surface area contributed by atoms with Crippen molar-refractivity contribution in [3.8, 4) is 5.69 Å². The molecule has 4 rings (SSSR count). The van der Waals surface area contributed by atoms with Gasteiger partial charge in [-0.2, -0.15) is 5.10 Å². The number of benzene rings is 2. The van der Waals surface area contributed by atoms with Gasteiger partial charge in [-0.25, -0.2) is 4.68 Å². The zero-order chi connectivity index (χ0) is 22.7. The van der Waals surface area contributed by atoms with Crippen molar-refractivity contribution in [2.75, 3.05) is 5.32 Å². The third-order valence-corrected chi connectivity index (χ3v) is 5.28. The third-order valence-electron chi connectivity index (χ3n) is 5.28. The van der Waals surface area contributed by atoms with Gasteiger partial charge in [0, 0.05) is 29.1 Å². The van der Waals surface area contributed by atoms with Gasteiger partial charge < -0.3 is 15.5 Å². The first-order valence-electron chi connectivity index (χ1n) is 10.5. The number of para-hydroxylation sites is 1. The fourth-order valence-electron chi connectivity index (χ4n) is 3.73. The molecule has 0 saturated heterocycles. The Morgan fingerprint density at radius 1 is 1.09 bits per heavy atom. The summed E-state index contributed by atoms with van der Waals surface area (Å²) in [4.78, 5) is 24.0. The lowest BCUT2D eigenvalue weighted by atomic mass is 10.1. The van der Waals surface area contributed by atoms with Gasteiger partial charge in [0.2, 0.25) is 5.91 Å². The van der Waals surface area contributed by atoms with Crippen LogP contribution in [0.5, 0.6) is 0 Å². The van der Waals surface area contributed by atoms with E-state index in [9.17, 15) is 9.59 Å². The van der Waals surface area contributed by atoms with Gasteiger partial charge in [-0.15, -0.1) is 0 Å². The van der Waals surface area contributed by atoms with Gasteiger partial charge in [-0.05, 0) is 42.8 Å². The van der Waals surface area contributed by atoms with Gasteiger partial charge in [-0.3, -0.25) is 9.59 Å². The predicted molar refractivity (Wildman–Crippen MR) is 125 cm³/mol. The topological polar surface area (TPSA) is 103 Å². The number of rotatable bonds is 7. The number of nitrogens with two attached hydrogens (primary N) is 1. The second-order valence-electron chi connectivity index (χ2n) is 7.29. The predicted octanol–water partition coefficient (Wildman–Crippen LogP) is 4.49. The van der Waals surface area contributed by atoms with E-state index in [0.717, 1.165) is 40.1 Å². The Morgan fingerprint density at radius 2 is 1.84 bits per heavy atom. The number of primary amides is 1. The molecular formula is C25H24N4O3. The minimum absolute atomic E-state index is 0.241. The van der Waals surface area contributed by atoms with Crippen molar-refractivity contribution in [3.05, 3.63) is 83.4 Å². The fraction of sp³-hybridized carbons (Fsp3) is 0.160. The monoisotopic (exact) mass is 428 g/mol. The summed E-state index contributed by atoms with van der Waals surface area (Å²) in [6.07, 6.45) is 6.13. The van der Waals surface area contributed by atoms with Crippen molar-refractivity contribution in [2.45, 2.75) is 26.7 Å². The highest BCUT2D eigenvalue weighted by Gasteiger charge is 2.15. The van der Waals surface area contributed by atoms with Crippen LogP contribution in [0.1, 0.15) is 41.2 Å². The number of aryl methyl sites for hydroxylation is 1. The Hall–Kier alpha value is -4.13. The third kappa shape index (κ3) is 4.05. The van der Waals surface area contributed by atoms with Gasteiger partial charge in [-0.1, -0.05) is 32.0 Å². The molecule has 2 amide bonds. The summed E-state index contributed by atoms with van der Waals surface area (Å²) in [5.41, 5.74) is 9.74. The minimum Gasteiger partial charge on any atom is -0.460 e. The van der Waals surface area contributed by atoms with Crippen LogP contribution in [-0.4, -0.2) is 21.6 Å². The maximum absolute atomic E-state index is 12.5. The number of fused-ring (bicyclic) bond motifs is 1. The van der Waals surface area contributed by atoms with E-state index in [1.54, 1.807) is 22.9 Å². The zero-order valence-corrected chi connectivity index (χ0v) is 18.0. The number of carbonyl (C=O) groups excluding carboxylic acids is 2. The molecule has 0 spiro atoms. The summed E-state index contributed by atoms with van der Waals surface area (Å²) in [6.45, 7) is 3.96. The van der Waals surface area contributed by atoms with Crippen LogP contribution < -0.4 is 11.1 Å². The van der Waals surface area contributed by atoms with Crippen LogP contribution in [0.25, 0.3) is 22.7 Å². The molecule has 32 heavy (non-hydrogen) atoms. The zero-order valence-electron chi connectivity index (χ0n) is 18.0. The Bertz CT molecular complexity index is 1310. The first-order chi connectivity index (χ1) is 15.5. The minimum atomic E-state index is -0.500. The lowest BCUT2D eigenvalue weighted by Crippen LogP contribution is -2.13. The smallest absolute Gasteiger partial charge is 0.252 e. The molecule has 162 valence electrons. The maximum Gasteiger partial charge on any atom is 0.252 e. The van der Waals surface area contributed by atoms with E-state index in [4.69, 9.17) is 10.2 Å². The number of hydrogen-bond donors (Lipinski definition) is 2. The number of carbonyl (C=O) groups is 2. The fourth-order valence-corrected chi connectivity index (χ4v) is 3.73. The Kier molecular flexibility index (Phi) is 5.89. The molecule has 0 bridgehead atoms. The number of furan rings is 1. The lowest BCUT2D eigenvalue weighted by Gasteiger charge is -2.08. The van der Waals surface area contributed by atoms with Gasteiger partial charge in [0.25, 0.3) is 5.91 Å². The maximum atomic E-state index is 12.5. The van der Waals surface area contributed by atoms with Crippen LogP contribution in [0.4, 0.5) is 5.69 Å². The first-order valence-corrected chi connectivity index (χ1v) is 10.5. The summed E-state index contributed by atoms with van der Waals surface area (Å²) in [5.74, 6) is 0.107. The number of anilines is 1. The average molecular weight is 428 g/mol. The molecule has 0 aliphatic rings. The molecule has 0 saturated carbocycles. The Balaban J connectivity index is 1.50. The van der Waals surface area contributed by atoms with Crippen LogP contribution in [0.15, 0.2) is 65.2 Å². The number of aromatic nitrogens is 2. The molecule has 0 fully saturated rings. The Labute approximate surface area is 185 Å². The van der Waals surface area contributed by atoms with E-state index in [-0.39, 0.29) is 5.91 Å². The number of nitrogens with one attached hydrogen (secondary N) is 1. The van der Waals surface area contributed by atoms with Crippen LogP contribution in [0, 0.1) is 0 Å². The van der Waals surface area contributed by atoms with Crippen molar-refractivity contribution in [1.29, 1.82) is 0 Å². The SMILES string of the molecule is CCc1oc2ccccc2c1/C=C/C(=O)Nc1ccc(-n2ncc(C(N)=O)c2CC)cc1. The van der Waals surface area contributed by atoms with Crippen LogP contribution in [-0.2, 0) is 17.6 Å². The second kappa shape index (κ2) is 8.93. The molecule has 0 unspecified atom stereocenters. The van der Waals surface area contributed by atoms with Crippen molar-refractivity contribution in [2.24, 2.45) is 5.73 Å². The van der Waals surface area contributed by atoms with Crippen molar-refractivity contribution >= 4 is 34.5 Å². The molecule has 3 N–H and O–H groups in total. The molecule has 0 aliphatic heterocycles. The van der Waals surface area contributed by atoms with E-state index in [1.807, 2.05) is 50.2 Å². The summed E-state index contributed by atoms with van der Waals surface area (Å²) in [6, 6.07) is 15.0. The highest BCUT2D eigenvalue weighted by Crippen LogP contribution is 2.27. The van der Waals surface area contributed by atoms with Gasteiger partial charge in [0.15, 0.2) is 0 Å². The number of hydrogen-bond acceptors (Lipinski definition) is 4. The molecular weight excluding hydrogens is 404 g/mol. The van der Waals surface area contributed by atoms with E-state index in [2.05, 4.69) is 10.4 Å². The Morgan fingerprint density at radius 3 is 2.53 bits per heavy atom. The largest absolute Gasteiger partial charge is 0.460 e. The molecule has 2 aromatic carbocycles. The van der Waals surface area contributed by atoms with Gasteiger partial charge in [0.05, 0.1) is 23.1 Å². The average Bonchev–Trinajstić information content (AvgIpc) is 3.39. The summed E-state index contributed by atoms with van der Waals surface area (Å²) >= 11 is 0. The molecule has 2 heterocycles. The summed E-state index contributed by atoms with van der Waals surface area (Å²) < 4.78 is 7.55. The van der Waals surface area contributed by atoms with Crippen molar-refractivity contribution < 1.29 is 14.0 Å². The number of nitrogens with zero attached hydrogens (tertiary/aromatic N) is 2. The first kappa shape index (κ1) is 21.1. The standard InChI is InChI=1S/C25H24N4O3/c1-3-21-20(25(26)31)15-27-29(21)17-11-9-16(10-12-17)28-24(30)14-13-19-18-7-5-6-8-23(18)32-22(19)4-2/h5-15H,3-4H2,1-2H3,(H2,26,31)(H,28,30)/b14-13+. The quantitative estimate of drug-likeness (QED) is 0.423. The van der Waals surface area contributed by atoms with Crippen LogP contribution in [0.3, 0.4) is 0 Å². The van der Waals surface area contributed by atoms with E-state index in [0.29, 0.717) is 17.7 Å². The molecule has 4 aromatic rings. The van der Waals surface area contributed by atoms with E-state index >= 15 is 0 Å². The summed E-state index contributed by atoms with van der Waals surface area (Å²) in [7, 11) is 0. The van der Waals surface area contributed by atoms with E-state index in [1.165, 1.54) is 12.3 Å². The van der Waals surface area contributed by atoms with Crippen LogP contribution >= 0.6 is 0 Å². The summed E-state index contributed by atoms with van der Waals surface area (Å²) in [5, 5.41) is 8.12. The molecule has 0 aliphatic carbocycles. The molecule has 2 aromatic heterocycles. The van der Waals surface area contributed by atoms with Crippen molar-refractivity contribution in [1.82, 2.24) is 9.78 Å². The highest BCUT2D eigenvalue weighted by molar-refractivity contribution is 6.03. The molecule has 0 radical (unpaired) electrons. The second-order valence-corrected chi connectivity index (χ2v) is 7.29. The number of amides is 2. The van der Waals surface area contributed by atoms with E-state index < -0.39 is 5.91 Å². The highest BCUT2D eigenvalue weighted by atomic mass is 16.3. The normalized spacial score (nSPS) is 11.3.